The molecule has 0 aliphatic carbocycles. The molecule has 0 N–H and O–H groups in total. The smallest absolute Gasteiger partial charge is 0.277 e. The summed E-state index contributed by atoms with van der Waals surface area (Å²) in [6.45, 7) is 4.03. The van der Waals surface area contributed by atoms with E-state index in [1.54, 1.807) is 7.11 Å². The van der Waals surface area contributed by atoms with Crippen molar-refractivity contribution in [2.45, 2.75) is 30.9 Å². The summed E-state index contributed by atoms with van der Waals surface area (Å²) in [4.78, 5) is 0. The second kappa shape index (κ2) is 8.07. The van der Waals surface area contributed by atoms with Crippen molar-refractivity contribution < 1.29 is 13.9 Å². The molecule has 0 aliphatic heterocycles. The minimum atomic E-state index is 0.155. The van der Waals surface area contributed by atoms with Crippen LogP contribution in [-0.2, 0) is 5.75 Å². The van der Waals surface area contributed by atoms with E-state index >= 15 is 0 Å². The fourth-order valence-electron chi connectivity index (χ4n) is 2.32. The Kier molecular flexibility index (Phi) is 5.60. The number of thioether (sulfide) groups is 1. The molecule has 3 aromatic rings. The molecule has 1 aromatic heterocycles. The van der Waals surface area contributed by atoms with Crippen molar-refractivity contribution in [1.29, 1.82) is 0 Å². The van der Waals surface area contributed by atoms with E-state index in [4.69, 9.17) is 13.9 Å². The highest BCUT2D eigenvalue weighted by molar-refractivity contribution is 7.98. The average molecular weight is 356 g/mol. The van der Waals surface area contributed by atoms with Crippen molar-refractivity contribution in [3.05, 3.63) is 54.1 Å². The third-order valence-electron chi connectivity index (χ3n) is 3.38. The van der Waals surface area contributed by atoms with Crippen LogP contribution in [-0.4, -0.2) is 23.4 Å². The number of methoxy groups -OCH3 is 1. The lowest BCUT2D eigenvalue weighted by Crippen LogP contribution is -2.05. The van der Waals surface area contributed by atoms with Crippen LogP contribution < -0.4 is 9.47 Å². The van der Waals surface area contributed by atoms with Gasteiger partial charge in [-0.3, -0.25) is 0 Å². The first kappa shape index (κ1) is 17.4. The van der Waals surface area contributed by atoms with Crippen LogP contribution in [0.4, 0.5) is 0 Å². The molecule has 6 heteroatoms. The summed E-state index contributed by atoms with van der Waals surface area (Å²) in [5.74, 6) is 2.76. The number of hydrogen-bond acceptors (Lipinski definition) is 6. The maximum absolute atomic E-state index is 5.76. The zero-order valence-corrected chi connectivity index (χ0v) is 15.2. The first-order valence-electron chi connectivity index (χ1n) is 8.01. The second-order valence-corrected chi connectivity index (χ2v) is 6.60. The van der Waals surface area contributed by atoms with Crippen LogP contribution in [0.1, 0.15) is 19.4 Å². The Morgan fingerprint density at radius 3 is 2.72 bits per heavy atom. The lowest BCUT2D eigenvalue weighted by atomic mass is 10.2. The standard InChI is InChI=1S/C19H20N2O3S/c1-13(2)23-15-8-6-7-14(11-15)12-25-19-21-20-18(24-19)16-9-4-5-10-17(16)22-3/h4-11,13H,12H2,1-3H3. The molecule has 3 rings (SSSR count). The Morgan fingerprint density at radius 1 is 1.08 bits per heavy atom. The van der Waals surface area contributed by atoms with Crippen LogP contribution >= 0.6 is 11.8 Å². The summed E-state index contributed by atoms with van der Waals surface area (Å²) < 4.78 is 16.8. The molecule has 0 atom stereocenters. The van der Waals surface area contributed by atoms with E-state index in [0.717, 1.165) is 22.6 Å². The van der Waals surface area contributed by atoms with E-state index < -0.39 is 0 Å². The molecular weight excluding hydrogens is 336 g/mol. The lowest BCUT2D eigenvalue weighted by molar-refractivity contribution is 0.242. The van der Waals surface area contributed by atoms with Gasteiger partial charge in [-0.25, -0.2) is 0 Å². The van der Waals surface area contributed by atoms with Crippen molar-refractivity contribution >= 4 is 11.8 Å². The van der Waals surface area contributed by atoms with Gasteiger partial charge in [0.2, 0.25) is 0 Å². The normalized spacial score (nSPS) is 10.9. The molecule has 0 radical (unpaired) electrons. The van der Waals surface area contributed by atoms with Gasteiger partial charge in [-0.2, -0.15) is 0 Å². The fraction of sp³-hybridized carbons (Fsp3) is 0.263. The molecule has 1 heterocycles. The van der Waals surface area contributed by atoms with Crippen LogP contribution in [0.15, 0.2) is 58.2 Å². The van der Waals surface area contributed by atoms with E-state index in [2.05, 4.69) is 16.3 Å². The largest absolute Gasteiger partial charge is 0.496 e. The molecule has 0 spiro atoms. The number of ether oxygens (including phenoxy) is 2. The zero-order chi connectivity index (χ0) is 17.6. The molecule has 25 heavy (non-hydrogen) atoms. The number of hydrogen-bond donors (Lipinski definition) is 0. The minimum absolute atomic E-state index is 0.155. The third-order valence-corrected chi connectivity index (χ3v) is 4.27. The number of benzene rings is 2. The van der Waals surface area contributed by atoms with Crippen molar-refractivity contribution in [2.75, 3.05) is 7.11 Å². The molecule has 0 aliphatic rings. The maximum Gasteiger partial charge on any atom is 0.277 e. The Bertz CT molecular complexity index is 833. The Morgan fingerprint density at radius 2 is 1.92 bits per heavy atom. The quantitative estimate of drug-likeness (QED) is 0.566. The monoisotopic (exact) mass is 356 g/mol. The van der Waals surface area contributed by atoms with Gasteiger partial charge in [-0.05, 0) is 43.7 Å². The van der Waals surface area contributed by atoms with E-state index in [0.29, 0.717) is 16.9 Å². The number of para-hydroxylation sites is 1. The van der Waals surface area contributed by atoms with E-state index in [-0.39, 0.29) is 6.10 Å². The molecule has 0 saturated heterocycles. The minimum Gasteiger partial charge on any atom is -0.496 e. The molecule has 0 bridgehead atoms. The van der Waals surface area contributed by atoms with Crippen LogP contribution in [0.3, 0.4) is 0 Å². The molecular formula is C19H20N2O3S. The van der Waals surface area contributed by atoms with Gasteiger partial charge in [0.15, 0.2) is 0 Å². The fourth-order valence-corrected chi connectivity index (χ4v) is 3.03. The van der Waals surface area contributed by atoms with E-state index in [1.807, 2.05) is 56.3 Å². The summed E-state index contributed by atoms with van der Waals surface area (Å²) in [5, 5.41) is 8.76. The Hall–Kier alpha value is -2.47. The summed E-state index contributed by atoms with van der Waals surface area (Å²) in [5.41, 5.74) is 1.93. The number of nitrogens with zero attached hydrogens (tertiary/aromatic N) is 2. The average Bonchev–Trinajstić information content (AvgIpc) is 3.08. The van der Waals surface area contributed by atoms with Crippen molar-refractivity contribution in [3.8, 4) is 23.0 Å². The topological polar surface area (TPSA) is 57.4 Å². The van der Waals surface area contributed by atoms with Crippen LogP contribution in [0.25, 0.3) is 11.5 Å². The molecule has 5 nitrogen and oxygen atoms in total. The predicted molar refractivity (Wildman–Crippen MR) is 98.1 cm³/mol. The predicted octanol–water partition coefficient (Wildman–Crippen LogP) is 4.82. The summed E-state index contributed by atoms with van der Waals surface area (Å²) in [6, 6.07) is 15.6. The van der Waals surface area contributed by atoms with Gasteiger partial charge < -0.3 is 13.9 Å². The number of aromatic nitrogens is 2. The molecule has 0 unspecified atom stereocenters. The Balaban J connectivity index is 1.68. The highest BCUT2D eigenvalue weighted by Gasteiger charge is 2.13. The van der Waals surface area contributed by atoms with Crippen LogP contribution in [0.2, 0.25) is 0 Å². The second-order valence-electron chi connectivity index (χ2n) is 5.68. The lowest BCUT2D eigenvalue weighted by Gasteiger charge is -2.10. The molecule has 0 saturated carbocycles. The van der Waals surface area contributed by atoms with Gasteiger partial charge in [0.25, 0.3) is 11.1 Å². The molecule has 2 aromatic carbocycles. The van der Waals surface area contributed by atoms with E-state index in [9.17, 15) is 0 Å². The number of rotatable bonds is 7. The molecule has 0 fully saturated rings. The van der Waals surface area contributed by atoms with Crippen molar-refractivity contribution in [1.82, 2.24) is 10.2 Å². The van der Waals surface area contributed by atoms with Crippen LogP contribution in [0.5, 0.6) is 11.5 Å². The molecule has 130 valence electrons. The maximum atomic E-state index is 5.76. The Labute approximate surface area is 151 Å². The van der Waals surface area contributed by atoms with Gasteiger partial charge in [0, 0.05) is 5.75 Å². The van der Waals surface area contributed by atoms with Crippen LogP contribution in [0, 0.1) is 0 Å². The SMILES string of the molecule is COc1ccccc1-c1nnc(SCc2cccc(OC(C)C)c2)o1. The van der Waals surface area contributed by atoms with Gasteiger partial charge in [-0.1, -0.05) is 36.0 Å². The van der Waals surface area contributed by atoms with Crippen molar-refractivity contribution in [2.24, 2.45) is 0 Å². The first-order valence-corrected chi connectivity index (χ1v) is 8.99. The van der Waals surface area contributed by atoms with Gasteiger partial charge in [-0.15, -0.1) is 10.2 Å². The van der Waals surface area contributed by atoms with E-state index in [1.165, 1.54) is 11.8 Å². The highest BCUT2D eigenvalue weighted by Crippen LogP contribution is 2.31. The third kappa shape index (κ3) is 4.54. The molecule has 0 amide bonds. The van der Waals surface area contributed by atoms with Crippen molar-refractivity contribution in [3.63, 3.8) is 0 Å². The highest BCUT2D eigenvalue weighted by atomic mass is 32.2. The summed E-state index contributed by atoms with van der Waals surface area (Å²) in [6.07, 6.45) is 0.155. The van der Waals surface area contributed by atoms with Gasteiger partial charge in [0.1, 0.15) is 11.5 Å². The summed E-state index contributed by atoms with van der Waals surface area (Å²) >= 11 is 1.49. The zero-order valence-electron chi connectivity index (χ0n) is 14.4. The summed E-state index contributed by atoms with van der Waals surface area (Å²) in [7, 11) is 1.62. The first-order chi connectivity index (χ1) is 12.2. The van der Waals surface area contributed by atoms with Gasteiger partial charge >= 0.3 is 0 Å². The van der Waals surface area contributed by atoms with Gasteiger partial charge in [0.05, 0.1) is 18.8 Å².